The van der Waals surface area contributed by atoms with Crippen LogP contribution in [0, 0.1) is 0 Å². The minimum absolute atomic E-state index is 0. The third-order valence-electron chi connectivity index (χ3n) is 11.8. The number of carbonyl (C=O) groups excluding carboxylic acids is 2. The zero-order valence-electron chi connectivity index (χ0n) is 45.3. The van der Waals surface area contributed by atoms with Crippen LogP contribution < -0.4 is 20.2 Å². The average molecular weight is 1800 g/mol. The predicted octanol–water partition coefficient (Wildman–Crippen LogP) is 12.4. The van der Waals surface area contributed by atoms with Crippen molar-refractivity contribution in [3.63, 3.8) is 0 Å². The van der Waals surface area contributed by atoms with Gasteiger partial charge in [-0.1, -0.05) is 72.9 Å². The van der Waals surface area contributed by atoms with Crippen LogP contribution in [0.2, 0.25) is 95.7 Å². The number of rotatable bonds is 31. The Labute approximate surface area is 444 Å². The van der Waals surface area contributed by atoms with Crippen LogP contribution in [0.4, 0.5) is 94.8 Å². The number of hydrogen-bond acceptors (Lipinski definition) is 9. The van der Waals surface area contributed by atoms with E-state index in [1.54, 1.807) is 61.4 Å². The van der Waals surface area contributed by atoms with E-state index >= 15 is 17.6 Å². The Bertz CT molecular complexity index is 2240. The zero-order chi connectivity index (χ0) is 61.0. The van der Waals surface area contributed by atoms with Gasteiger partial charge in [-0.25, -0.2) is 9.13 Å². The van der Waals surface area contributed by atoms with Crippen molar-refractivity contribution in [1.82, 2.24) is 0 Å². The summed E-state index contributed by atoms with van der Waals surface area (Å²) < 4.78 is 300. The van der Waals surface area contributed by atoms with Gasteiger partial charge in [-0.3, -0.25) is 9.47 Å². The number of nitrogens with zero attached hydrogens (tertiary/aromatic N) is 2. The minimum atomic E-state index is -8.01. The molecule has 0 fully saturated rings. The molecule has 0 N–H and O–H groups in total. The molecule has 454 valence electrons. The van der Waals surface area contributed by atoms with Crippen LogP contribution in [0.25, 0.3) is 0 Å². The van der Waals surface area contributed by atoms with E-state index in [2.05, 4.69) is 9.47 Å². The van der Waals surface area contributed by atoms with Crippen LogP contribution in [0.15, 0.2) is 48.5 Å². The molecular formula is C42H59F19N2O9Rf2Si6-2. The molecule has 2 amide bonds. The molecule has 11 nitrogen and oxygen atoms in total. The van der Waals surface area contributed by atoms with Gasteiger partial charge in [0.05, 0.1) is 29.0 Å². The first-order valence-electron chi connectivity index (χ1n) is 23.0. The number of anilines is 2. The minimum Gasteiger partial charge on any atom is -0.479 e. The molecule has 0 aromatic heterocycles. The van der Waals surface area contributed by atoms with Gasteiger partial charge in [0.1, 0.15) is 6.61 Å². The van der Waals surface area contributed by atoms with Gasteiger partial charge in [0.25, 0.3) is 0 Å². The van der Waals surface area contributed by atoms with Crippen molar-refractivity contribution >= 4 is 85.2 Å². The van der Waals surface area contributed by atoms with E-state index in [-0.39, 0.29) is 12.1 Å². The van der Waals surface area contributed by atoms with Crippen molar-refractivity contribution in [2.75, 3.05) is 30.5 Å². The fourth-order valence-corrected chi connectivity index (χ4v) is 33.9. The van der Waals surface area contributed by atoms with Gasteiger partial charge < -0.3 is 36.5 Å². The normalized spacial score (nSPS) is 15.6. The van der Waals surface area contributed by atoms with E-state index in [0.717, 1.165) is 10.4 Å². The fourth-order valence-electron chi connectivity index (χ4n) is 7.23. The molecule has 0 aliphatic heterocycles. The molecule has 0 heterocycles. The summed E-state index contributed by atoms with van der Waals surface area (Å²) in [7, 11) is -17.4. The summed E-state index contributed by atoms with van der Waals surface area (Å²) in [6, 6.07) is 12.8. The Morgan fingerprint density at radius 1 is 0.525 bits per heavy atom. The number of amides is 2. The molecule has 2 atom stereocenters. The maximum atomic E-state index is 16.6. The van der Waals surface area contributed by atoms with E-state index in [0.29, 0.717) is 23.5 Å². The summed E-state index contributed by atoms with van der Waals surface area (Å²) in [5, 5.41) is 1.59. The molecule has 38 heteroatoms. The van der Waals surface area contributed by atoms with Gasteiger partial charge in [-0.05, 0) is 65.5 Å². The van der Waals surface area contributed by atoms with E-state index in [1.807, 2.05) is 35.7 Å². The number of halogens is 19. The van der Waals surface area contributed by atoms with Crippen LogP contribution in [0.1, 0.15) is 6.42 Å². The summed E-state index contributed by atoms with van der Waals surface area (Å²) in [5.41, 5.74) is 0.925. The Balaban J connectivity index is 0.0000312. The van der Waals surface area contributed by atoms with Crippen molar-refractivity contribution in [2.24, 2.45) is 0 Å². The quantitative estimate of drug-likeness (QED) is 0.0316. The summed E-state index contributed by atoms with van der Waals surface area (Å²) >= 11 is 0. The largest absolute Gasteiger partial charge is 0.527 e. The maximum absolute atomic E-state index is 16.6. The van der Waals surface area contributed by atoms with Crippen molar-refractivity contribution < 1.29 is 124 Å². The second kappa shape index (κ2) is 25.7. The van der Waals surface area contributed by atoms with Crippen LogP contribution in [0.5, 0.6) is 0 Å². The van der Waals surface area contributed by atoms with Gasteiger partial charge >= 0.3 is 63.7 Å². The topological polar surface area (TPSA) is 105 Å². The molecule has 0 saturated carbocycles. The predicted molar refractivity (Wildman–Crippen MR) is 262 cm³/mol. The SMILES string of the molecule is CN([C-]=O)c1cccc([Si](C)(C)CC[Si](C)(C)O[Si](CCC(F)(OC(F)(F)C(F)(OC(F)(F)C(F)(F)OCC(F)(F)OC(F)(F)F)C(F)(F)F)C(F)(F)F)(O[SiH](C)C)O[Si](C)(C)CC[Si](C)(C)c2cccc(N(C)[C-]=O)c2)c1.[Rf].[Rf]. The molecule has 2 unspecified atom stereocenters. The fraction of sp³-hybridized carbons (Fsp3) is 0.667. The van der Waals surface area contributed by atoms with E-state index in [1.165, 1.54) is 63.2 Å². The Morgan fingerprint density at radius 3 is 1.26 bits per heavy atom. The van der Waals surface area contributed by atoms with Crippen LogP contribution in [0.3, 0.4) is 0 Å². The zero-order valence-corrected chi connectivity index (χ0v) is 64.3. The monoisotopic (exact) mass is 1800 g/mol. The second-order valence-corrected chi connectivity index (χ2v) is 45.1. The van der Waals surface area contributed by atoms with Gasteiger partial charge in [0, 0.05) is 12.5 Å². The van der Waals surface area contributed by atoms with Crippen molar-refractivity contribution in [3.05, 3.63) is 48.5 Å². The molecule has 2 aromatic carbocycles. The number of ether oxygens (including phenoxy) is 4. The van der Waals surface area contributed by atoms with Gasteiger partial charge in [0.2, 0.25) is 0 Å². The van der Waals surface area contributed by atoms with Crippen molar-refractivity contribution in [2.45, 2.75) is 157 Å². The molecule has 0 radical (unpaired) electrons. The standard InChI is InChI=1S/C42H59F19N2O9Si6.2Rf/c1-62(28-64)30-15-13-17-32(25-30)74(5,6)21-23-76(9,10)71-78(70-73(3)4,72-77(11,12)24-22-75(7,8)33-18-14-16-31(26-33)63(2)29-65)20-19-34(43,37(47,48)49)67-39(53,54)36(46,38(50,51)52)69-41(57,58)40(55,56)66-27-35(44,45)68-42(59,60)61;;/h13-18,25-26,73H,19-24,27H2,1-12H3;;/q-2;;. The molecular weight excluding hydrogens is 1740 g/mol. The third-order valence-corrected chi connectivity index (χ3v) is 33.5. The number of benzene rings is 2. The molecule has 0 bridgehead atoms. The Kier molecular flexibility index (Phi) is 24.1. The van der Waals surface area contributed by atoms with Crippen molar-refractivity contribution in [1.29, 1.82) is 0 Å². The second-order valence-electron chi connectivity index (χ2n) is 20.8. The van der Waals surface area contributed by atoms with E-state index in [9.17, 15) is 75.4 Å². The summed E-state index contributed by atoms with van der Waals surface area (Å²) in [4.78, 5) is 25.1. The Hall–Kier alpha value is -4.93. The van der Waals surface area contributed by atoms with Gasteiger partial charge in [-0.2, -0.15) is 65.9 Å². The van der Waals surface area contributed by atoms with Gasteiger partial charge in [0.15, 0.2) is 25.7 Å². The van der Waals surface area contributed by atoms with Crippen LogP contribution >= 0.6 is 0 Å². The smallest absolute Gasteiger partial charge is 0.479 e. The summed E-state index contributed by atoms with van der Waals surface area (Å²) in [6.45, 7) is 12.9. The Morgan fingerprint density at radius 2 is 0.925 bits per heavy atom. The molecule has 2 rings (SSSR count). The number of alkyl halides is 19. The van der Waals surface area contributed by atoms with Gasteiger partial charge in [-0.15, -0.1) is 48.8 Å². The molecule has 80 heavy (non-hydrogen) atoms. The molecule has 0 spiro atoms. The van der Waals surface area contributed by atoms with Crippen molar-refractivity contribution in [3.8, 4) is 0 Å². The van der Waals surface area contributed by atoms with Crippen LogP contribution in [-0.4, -0.2) is 139 Å². The number of hydrogen-bond donors (Lipinski definition) is 0. The first-order valence-corrected chi connectivity index (χ1v) is 40.4. The van der Waals surface area contributed by atoms with Crippen LogP contribution in [-0.2, 0) is 40.9 Å². The molecule has 2 aromatic rings. The molecule has 0 saturated heterocycles. The molecule has 0 aliphatic carbocycles. The third kappa shape index (κ3) is 19.9. The van der Waals surface area contributed by atoms with E-state index < -0.39 is 125 Å². The molecule has 0 aliphatic rings. The first-order chi connectivity index (χ1) is 34.7. The first kappa shape index (κ1) is 75.1. The summed E-state index contributed by atoms with van der Waals surface area (Å²) in [6.07, 6.45) is -49.6. The van der Waals surface area contributed by atoms with E-state index in [4.69, 9.17) is 12.3 Å². The summed E-state index contributed by atoms with van der Waals surface area (Å²) in [5.74, 6) is -14.3. The maximum Gasteiger partial charge on any atom is 0.527 e. The average Bonchev–Trinajstić information content (AvgIpc) is 3.26.